The molecule has 0 spiro atoms. The summed E-state index contributed by atoms with van der Waals surface area (Å²) in [7, 11) is 0. The lowest BCUT2D eigenvalue weighted by Crippen LogP contribution is -2.26. The standard InChI is InChI=1S/C22H19N3O2S/c1-3-27-17-13-11-16(12-14-17)25(21(26)19-9-6-7-15(2)23-19)22-24-18-8-4-5-10-20(18)28-22/h4-14H,3H2,1-2H3. The van der Waals surface area contributed by atoms with E-state index in [2.05, 4.69) is 9.97 Å². The average molecular weight is 389 g/mol. The molecule has 6 heteroatoms. The zero-order valence-electron chi connectivity index (χ0n) is 15.6. The van der Waals surface area contributed by atoms with Crippen molar-refractivity contribution in [2.75, 3.05) is 11.5 Å². The van der Waals surface area contributed by atoms with Gasteiger partial charge in [0.15, 0.2) is 5.13 Å². The third-order valence-electron chi connectivity index (χ3n) is 4.19. The van der Waals surface area contributed by atoms with Crippen LogP contribution in [0.5, 0.6) is 5.75 Å². The molecule has 2 aromatic carbocycles. The van der Waals surface area contributed by atoms with Crippen LogP contribution in [-0.2, 0) is 0 Å². The molecule has 0 radical (unpaired) electrons. The molecule has 2 heterocycles. The van der Waals surface area contributed by atoms with Crippen molar-refractivity contribution < 1.29 is 9.53 Å². The number of carbonyl (C=O) groups excluding carboxylic acids is 1. The average Bonchev–Trinajstić information content (AvgIpc) is 3.13. The number of thiazole rings is 1. The van der Waals surface area contributed by atoms with Crippen LogP contribution in [0.3, 0.4) is 0 Å². The van der Waals surface area contributed by atoms with Crippen molar-refractivity contribution in [1.29, 1.82) is 0 Å². The molecule has 1 amide bonds. The maximum Gasteiger partial charge on any atom is 0.283 e. The number of carbonyl (C=O) groups is 1. The van der Waals surface area contributed by atoms with Crippen LogP contribution in [0.25, 0.3) is 10.2 Å². The topological polar surface area (TPSA) is 55.3 Å². The highest BCUT2D eigenvalue weighted by molar-refractivity contribution is 7.22. The molecule has 0 N–H and O–H groups in total. The molecule has 4 aromatic rings. The Morgan fingerprint density at radius 1 is 1.00 bits per heavy atom. The number of rotatable bonds is 5. The van der Waals surface area contributed by atoms with Gasteiger partial charge in [-0.15, -0.1) is 0 Å². The van der Waals surface area contributed by atoms with Gasteiger partial charge in [0.05, 0.1) is 22.5 Å². The lowest BCUT2D eigenvalue weighted by Gasteiger charge is -2.20. The summed E-state index contributed by atoms with van der Waals surface area (Å²) in [5.74, 6) is 0.545. The lowest BCUT2D eigenvalue weighted by molar-refractivity contribution is 0.0994. The van der Waals surface area contributed by atoms with E-state index in [4.69, 9.17) is 4.74 Å². The number of para-hydroxylation sites is 1. The predicted molar refractivity (Wildman–Crippen MR) is 113 cm³/mol. The SMILES string of the molecule is CCOc1ccc(N(C(=O)c2cccc(C)n2)c2nc3ccccc3s2)cc1. The monoisotopic (exact) mass is 389 g/mol. The summed E-state index contributed by atoms with van der Waals surface area (Å²) in [5.41, 5.74) is 2.76. The van der Waals surface area contributed by atoms with Crippen LogP contribution in [0, 0.1) is 6.92 Å². The Hall–Kier alpha value is -3.25. The van der Waals surface area contributed by atoms with Gasteiger partial charge in [0.2, 0.25) is 0 Å². The van der Waals surface area contributed by atoms with Gasteiger partial charge in [0.1, 0.15) is 11.4 Å². The van der Waals surface area contributed by atoms with Gasteiger partial charge in [-0.3, -0.25) is 9.69 Å². The van der Waals surface area contributed by atoms with Crippen molar-refractivity contribution in [3.63, 3.8) is 0 Å². The third-order valence-corrected chi connectivity index (χ3v) is 5.21. The highest BCUT2D eigenvalue weighted by atomic mass is 32.1. The number of hydrogen-bond donors (Lipinski definition) is 0. The van der Waals surface area contributed by atoms with Gasteiger partial charge in [-0.25, -0.2) is 9.97 Å². The van der Waals surface area contributed by atoms with Crippen LogP contribution < -0.4 is 9.64 Å². The number of amides is 1. The Morgan fingerprint density at radius 3 is 2.50 bits per heavy atom. The van der Waals surface area contributed by atoms with Crippen LogP contribution >= 0.6 is 11.3 Å². The first-order chi connectivity index (χ1) is 13.7. The number of anilines is 2. The van der Waals surface area contributed by atoms with E-state index in [1.54, 1.807) is 11.0 Å². The van der Waals surface area contributed by atoms with Crippen LogP contribution in [0.4, 0.5) is 10.8 Å². The van der Waals surface area contributed by atoms with Crippen LogP contribution in [0.15, 0.2) is 66.7 Å². The molecule has 0 fully saturated rings. The Bertz CT molecular complexity index is 1090. The Morgan fingerprint density at radius 2 is 1.79 bits per heavy atom. The summed E-state index contributed by atoms with van der Waals surface area (Å²) in [4.78, 5) is 24.1. The fraction of sp³-hybridized carbons (Fsp3) is 0.136. The smallest absolute Gasteiger partial charge is 0.283 e. The molecule has 0 aliphatic heterocycles. The van der Waals surface area contributed by atoms with E-state index >= 15 is 0 Å². The van der Waals surface area contributed by atoms with Crippen LogP contribution in [0.2, 0.25) is 0 Å². The quantitative estimate of drug-likeness (QED) is 0.460. The van der Waals surface area contributed by atoms with E-state index in [1.807, 2.05) is 74.5 Å². The molecule has 5 nitrogen and oxygen atoms in total. The zero-order chi connectivity index (χ0) is 19.5. The van der Waals surface area contributed by atoms with Crippen molar-refractivity contribution in [2.24, 2.45) is 0 Å². The van der Waals surface area contributed by atoms with Gasteiger partial charge in [-0.2, -0.15) is 0 Å². The van der Waals surface area contributed by atoms with Crippen molar-refractivity contribution >= 4 is 38.3 Å². The van der Waals surface area contributed by atoms with Crippen molar-refractivity contribution in [2.45, 2.75) is 13.8 Å². The fourth-order valence-corrected chi connectivity index (χ4v) is 3.89. The number of aromatic nitrogens is 2. The van der Waals surface area contributed by atoms with Crippen molar-refractivity contribution in [1.82, 2.24) is 9.97 Å². The molecule has 0 saturated heterocycles. The van der Waals surface area contributed by atoms with Gasteiger partial charge in [0, 0.05) is 5.69 Å². The minimum atomic E-state index is -0.216. The van der Waals surface area contributed by atoms with Gasteiger partial charge in [0.25, 0.3) is 5.91 Å². The molecule has 0 aliphatic carbocycles. The highest BCUT2D eigenvalue weighted by Crippen LogP contribution is 2.35. The largest absolute Gasteiger partial charge is 0.494 e. The van der Waals surface area contributed by atoms with Crippen molar-refractivity contribution in [3.8, 4) is 5.75 Å². The normalized spacial score (nSPS) is 10.8. The van der Waals surface area contributed by atoms with Gasteiger partial charge in [-0.1, -0.05) is 29.5 Å². The summed E-state index contributed by atoms with van der Waals surface area (Å²) >= 11 is 1.48. The first-order valence-electron chi connectivity index (χ1n) is 9.02. The summed E-state index contributed by atoms with van der Waals surface area (Å²) in [6.45, 7) is 4.40. The minimum absolute atomic E-state index is 0.216. The number of ether oxygens (including phenoxy) is 1. The molecule has 140 valence electrons. The molecule has 2 aromatic heterocycles. The van der Waals surface area contributed by atoms with Crippen LogP contribution in [-0.4, -0.2) is 22.5 Å². The second-order valence-electron chi connectivity index (χ2n) is 6.20. The number of nitrogens with zero attached hydrogens (tertiary/aromatic N) is 3. The zero-order valence-corrected chi connectivity index (χ0v) is 16.4. The van der Waals surface area contributed by atoms with Crippen molar-refractivity contribution in [3.05, 3.63) is 78.1 Å². The van der Waals surface area contributed by atoms with E-state index in [-0.39, 0.29) is 5.91 Å². The predicted octanol–water partition coefficient (Wildman–Crippen LogP) is 5.38. The molecule has 0 saturated carbocycles. The second-order valence-corrected chi connectivity index (χ2v) is 7.20. The third kappa shape index (κ3) is 3.59. The molecule has 4 rings (SSSR count). The molecule has 0 bridgehead atoms. The first-order valence-corrected chi connectivity index (χ1v) is 9.84. The summed E-state index contributed by atoms with van der Waals surface area (Å²) in [6, 6.07) is 20.7. The van der Waals surface area contributed by atoms with Gasteiger partial charge in [-0.05, 0) is 62.4 Å². The Balaban J connectivity index is 1.81. The maximum absolute atomic E-state index is 13.4. The Kier molecular flexibility index (Phi) is 5.04. The number of fused-ring (bicyclic) bond motifs is 1. The summed E-state index contributed by atoms with van der Waals surface area (Å²) in [6.07, 6.45) is 0. The first kappa shape index (κ1) is 18.1. The molecule has 28 heavy (non-hydrogen) atoms. The number of hydrogen-bond acceptors (Lipinski definition) is 5. The Labute approximate surface area is 167 Å². The number of pyridine rings is 1. The maximum atomic E-state index is 13.4. The fourth-order valence-electron chi connectivity index (χ4n) is 2.91. The molecule has 0 unspecified atom stereocenters. The van der Waals surface area contributed by atoms with E-state index in [1.165, 1.54) is 11.3 Å². The molecule has 0 atom stereocenters. The van der Waals surface area contributed by atoms with E-state index in [0.29, 0.717) is 17.4 Å². The van der Waals surface area contributed by atoms with Gasteiger partial charge >= 0.3 is 0 Å². The molecular formula is C22H19N3O2S. The number of aryl methyl sites for hydroxylation is 1. The second kappa shape index (κ2) is 7.78. The van der Waals surface area contributed by atoms with E-state index in [9.17, 15) is 4.79 Å². The minimum Gasteiger partial charge on any atom is -0.494 e. The van der Waals surface area contributed by atoms with Gasteiger partial charge < -0.3 is 4.74 Å². The molecular weight excluding hydrogens is 370 g/mol. The summed E-state index contributed by atoms with van der Waals surface area (Å²) in [5, 5.41) is 0.610. The van der Waals surface area contributed by atoms with E-state index < -0.39 is 0 Å². The highest BCUT2D eigenvalue weighted by Gasteiger charge is 2.24. The number of benzene rings is 2. The lowest BCUT2D eigenvalue weighted by atomic mass is 10.2. The summed E-state index contributed by atoms with van der Waals surface area (Å²) < 4.78 is 6.55. The van der Waals surface area contributed by atoms with Crippen LogP contribution in [0.1, 0.15) is 23.1 Å². The molecule has 0 aliphatic rings. The van der Waals surface area contributed by atoms with E-state index in [0.717, 1.165) is 27.3 Å².